The SMILES string of the molecule is C=CCN1C(=O)/C(=C\c2ccc(-c3ccc(Cl)cc3)o2)SC1=S. The average molecular weight is 362 g/mol. The van der Waals surface area contributed by atoms with Crippen molar-refractivity contribution in [2.24, 2.45) is 0 Å². The standard InChI is InChI=1S/C17H12ClNO2S2/c1-2-9-19-16(20)15(23-17(19)22)10-13-7-8-14(21-13)11-3-5-12(18)6-4-11/h2-8,10H,1,9H2/b15-10+. The molecule has 0 spiro atoms. The highest BCUT2D eigenvalue weighted by atomic mass is 35.5. The Bertz CT molecular complexity index is 808. The van der Waals surface area contributed by atoms with Gasteiger partial charge in [0.25, 0.3) is 5.91 Å². The first-order valence-corrected chi connectivity index (χ1v) is 8.41. The molecule has 0 atom stereocenters. The minimum atomic E-state index is -0.121. The highest BCUT2D eigenvalue weighted by Crippen LogP contribution is 2.33. The third kappa shape index (κ3) is 3.42. The summed E-state index contributed by atoms with van der Waals surface area (Å²) in [6.07, 6.45) is 3.36. The van der Waals surface area contributed by atoms with Crippen LogP contribution >= 0.6 is 35.6 Å². The van der Waals surface area contributed by atoms with Gasteiger partial charge in [0.2, 0.25) is 0 Å². The number of carbonyl (C=O) groups is 1. The van der Waals surface area contributed by atoms with Gasteiger partial charge < -0.3 is 4.42 Å². The Morgan fingerprint density at radius 2 is 2.00 bits per heavy atom. The molecule has 1 aliphatic rings. The molecule has 2 heterocycles. The van der Waals surface area contributed by atoms with Gasteiger partial charge in [-0.1, -0.05) is 41.7 Å². The smallest absolute Gasteiger partial charge is 0.266 e. The largest absolute Gasteiger partial charge is 0.457 e. The van der Waals surface area contributed by atoms with Gasteiger partial charge >= 0.3 is 0 Å². The van der Waals surface area contributed by atoms with E-state index in [1.165, 1.54) is 16.7 Å². The number of furan rings is 1. The second-order valence-electron chi connectivity index (χ2n) is 4.79. The number of carbonyl (C=O) groups excluding carboxylic acids is 1. The van der Waals surface area contributed by atoms with Crippen LogP contribution in [0, 0.1) is 0 Å². The van der Waals surface area contributed by atoms with Crippen LogP contribution in [0.15, 0.2) is 58.4 Å². The van der Waals surface area contributed by atoms with Crippen LogP contribution in [0.2, 0.25) is 5.02 Å². The average Bonchev–Trinajstić information content (AvgIpc) is 3.09. The first-order valence-electron chi connectivity index (χ1n) is 6.80. The van der Waals surface area contributed by atoms with Gasteiger partial charge in [-0.3, -0.25) is 9.69 Å². The molecule has 3 rings (SSSR count). The molecule has 0 aliphatic carbocycles. The lowest BCUT2D eigenvalue weighted by Crippen LogP contribution is -2.27. The molecule has 1 amide bonds. The molecule has 0 bridgehead atoms. The van der Waals surface area contributed by atoms with Crippen LogP contribution in [0.25, 0.3) is 17.4 Å². The third-order valence-electron chi connectivity index (χ3n) is 3.21. The van der Waals surface area contributed by atoms with Crippen LogP contribution < -0.4 is 0 Å². The fourth-order valence-corrected chi connectivity index (χ4v) is 3.50. The molecule has 1 saturated heterocycles. The molecule has 0 unspecified atom stereocenters. The number of halogens is 1. The lowest BCUT2D eigenvalue weighted by atomic mass is 10.2. The maximum atomic E-state index is 12.3. The van der Waals surface area contributed by atoms with Crippen LogP contribution in [0.1, 0.15) is 5.76 Å². The van der Waals surface area contributed by atoms with Crippen molar-refractivity contribution in [3.63, 3.8) is 0 Å². The van der Waals surface area contributed by atoms with Gasteiger partial charge in [-0.15, -0.1) is 6.58 Å². The van der Waals surface area contributed by atoms with Crippen LogP contribution in [0.4, 0.5) is 0 Å². The summed E-state index contributed by atoms with van der Waals surface area (Å²) in [6.45, 7) is 4.05. The summed E-state index contributed by atoms with van der Waals surface area (Å²) in [4.78, 5) is 14.3. The van der Waals surface area contributed by atoms with Crippen molar-refractivity contribution in [1.82, 2.24) is 4.90 Å². The Balaban J connectivity index is 1.84. The number of hydrogen-bond donors (Lipinski definition) is 0. The van der Waals surface area contributed by atoms with Gasteiger partial charge in [0.15, 0.2) is 0 Å². The lowest BCUT2D eigenvalue weighted by molar-refractivity contribution is -0.121. The zero-order valence-electron chi connectivity index (χ0n) is 12.0. The van der Waals surface area contributed by atoms with Gasteiger partial charge in [-0.05, 0) is 36.4 Å². The molecule has 1 fully saturated rings. The van der Waals surface area contributed by atoms with E-state index in [0.717, 1.165) is 11.3 Å². The number of nitrogens with zero attached hydrogens (tertiary/aromatic N) is 1. The number of thiocarbonyl (C=S) groups is 1. The summed E-state index contributed by atoms with van der Waals surface area (Å²) >= 11 is 12.4. The Kier molecular flexibility index (Phi) is 4.71. The van der Waals surface area contributed by atoms with Crippen LogP contribution in [0.5, 0.6) is 0 Å². The fourth-order valence-electron chi connectivity index (χ4n) is 2.12. The number of rotatable bonds is 4. The maximum Gasteiger partial charge on any atom is 0.266 e. The van der Waals surface area contributed by atoms with Gasteiger partial charge in [0.05, 0.1) is 4.91 Å². The van der Waals surface area contributed by atoms with E-state index >= 15 is 0 Å². The molecule has 3 nitrogen and oxygen atoms in total. The molecule has 6 heteroatoms. The van der Waals surface area contributed by atoms with Gasteiger partial charge in [0, 0.05) is 23.2 Å². The van der Waals surface area contributed by atoms with Crippen molar-refractivity contribution in [2.75, 3.05) is 6.54 Å². The van der Waals surface area contributed by atoms with Gasteiger partial charge in [-0.2, -0.15) is 0 Å². The van der Waals surface area contributed by atoms with Crippen LogP contribution in [-0.4, -0.2) is 21.7 Å². The molecule has 116 valence electrons. The fraction of sp³-hybridized carbons (Fsp3) is 0.0588. The molecular formula is C17H12ClNO2S2. The van der Waals surface area contributed by atoms with E-state index in [4.69, 9.17) is 28.2 Å². The van der Waals surface area contributed by atoms with Crippen LogP contribution in [0.3, 0.4) is 0 Å². The summed E-state index contributed by atoms with van der Waals surface area (Å²) in [5.41, 5.74) is 0.924. The molecule has 2 aromatic rings. The van der Waals surface area contributed by atoms with Crippen LogP contribution in [-0.2, 0) is 4.79 Å². The maximum absolute atomic E-state index is 12.3. The first-order chi connectivity index (χ1) is 11.1. The van der Waals surface area contributed by atoms with Gasteiger partial charge in [-0.25, -0.2) is 0 Å². The van der Waals surface area contributed by atoms with E-state index in [1.807, 2.05) is 24.3 Å². The molecular weight excluding hydrogens is 350 g/mol. The molecule has 23 heavy (non-hydrogen) atoms. The summed E-state index contributed by atoms with van der Waals surface area (Å²) in [5.74, 6) is 1.20. The highest BCUT2D eigenvalue weighted by Gasteiger charge is 2.31. The van der Waals surface area contributed by atoms with Gasteiger partial charge in [0.1, 0.15) is 15.8 Å². The molecule has 1 aliphatic heterocycles. The number of amides is 1. The quantitative estimate of drug-likeness (QED) is 0.436. The Hall–Kier alpha value is -1.82. The number of benzene rings is 1. The van der Waals surface area contributed by atoms with Crippen molar-refractivity contribution < 1.29 is 9.21 Å². The molecule has 1 aromatic carbocycles. The highest BCUT2D eigenvalue weighted by molar-refractivity contribution is 8.26. The second-order valence-corrected chi connectivity index (χ2v) is 6.90. The topological polar surface area (TPSA) is 33.5 Å². The molecule has 0 N–H and O–H groups in total. The molecule has 1 aromatic heterocycles. The normalized spacial score (nSPS) is 16.4. The first kappa shape index (κ1) is 16.1. The Morgan fingerprint density at radius 3 is 2.70 bits per heavy atom. The van der Waals surface area contributed by atoms with E-state index in [-0.39, 0.29) is 5.91 Å². The monoisotopic (exact) mass is 361 g/mol. The van der Waals surface area contributed by atoms with Crippen molar-refractivity contribution in [3.05, 3.63) is 64.7 Å². The van der Waals surface area contributed by atoms with E-state index in [9.17, 15) is 4.79 Å². The summed E-state index contributed by atoms with van der Waals surface area (Å²) < 4.78 is 6.32. The second kappa shape index (κ2) is 6.74. The number of hydrogen-bond acceptors (Lipinski definition) is 4. The van der Waals surface area contributed by atoms with E-state index < -0.39 is 0 Å². The predicted molar refractivity (Wildman–Crippen MR) is 99.2 cm³/mol. The van der Waals surface area contributed by atoms with Crippen molar-refractivity contribution in [2.45, 2.75) is 0 Å². The molecule has 0 saturated carbocycles. The van der Waals surface area contributed by atoms with Crippen molar-refractivity contribution >= 4 is 51.9 Å². The number of thioether (sulfide) groups is 1. The zero-order chi connectivity index (χ0) is 16.4. The minimum Gasteiger partial charge on any atom is -0.457 e. The van der Waals surface area contributed by atoms with Crippen molar-refractivity contribution in [3.8, 4) is 11.3 Å². The van der Waals surface area contributed by atoms with E-state index in [0.29, 0.717) is 26.6 Å². The summed E-state index contributed by atoms with van der Waals surface area (Å²) in [7, 11) is 0. The molecule has 0 radical (unpaired) electrons. The van der Waals surface area contributed by atoms with Crippen molar-refractivity contribution in [1.29, 1.82) is 0 Å². The Morgan fingerprint density at radius 1 is 1.26 bits per heavy atom. The third-order valence-corrected chi connectivity index (χ3v) is 4.84. The zero-order valence-corrected chi connectivity index (χ0v) is 14.4. The Labute approximate surface area is 148 Å². The lowest BCUT2D eigenvalue weighted by Gasteiger charge is -2.10. The van der Waals surface area contributed by atoms with E-state index in [2.05, 4.69) is 6.58 Å². The minimum absolute atomic E-state index is 0.121. The predicted octanol–water partition coefficient (Wildman–Crippen LogP) is 4.99. The summed E-state index contributed by atoms with van der Waals surface area (Å²) in [6, 6.07) is 11.1. The van der Waals surface area contributed by atoms with E-state index in [1.54, 1.807) is 24.3 Å². The summed E-state index contributed by atoms with van der Waals surface area (Å²) in [5, 5.41) is 0.673.